The van der Waals surface area contributed by atoms with Gasteiger partial charge < -0.3 is 5.32 Å². The second kappa shape index (κ2) is 5.46. The van der Waals surface area contributed by atoms with Crippen LogP contribution in [0.2, 0.25) is 0 Å². The molecule has 0 heterocycles. The van der Waals surface area contributed by atoms with E-state index < -0.39 is 6.03 Å². The maximum absolute atomic E-state index is 13.0. The Labute approximate surface area is 93.8 Å². The normalized spacial score (nSPS) is 10.3. The van der Waals surface area contributed by atoms with Crippen molar-refractivity contribution in [1.29, 1.82) is 0 Å². The molecule has 0 unspecified atom stereocenters. The second-order valence-electron chi connectivity index (χ2n) is 3.65. The standard InChI is InChI=1S/C11H15FN2O2/c1-7(2)9-6-8(12)4-5-10(9)13-11(15)14-16-3/h4-7H,1-3H3,(H2,13,14,15). The summed E-state index contributed by atoms with van der Waals surface area (Å²) in [6, 6.07) is 3.75. The van der Waals surface area contributed by atoms with Gasteiger partial charge in [0.15, 0.2) is 0 Å². The van der Waals surface area contributed by atoms with E-state index in [0.717, 1.165) is 5.56 Å². The molecule has 0 aromatic heterocycles. The van der Waals surface area contributed by atoms with Gasteiger partial charge in [0.1, 0.15) is 5.82 Å². The molecule has 0 aliphatic carbocycles. The quantitative estimate of drug-likeness (QED) is 0.778. The molecule has 0 aliphatic heterocycles. The van der Waals surface area contributed by atoms with Crippen LogP contribution in [0, 0.1) is 5.82 Å². The van der Waals surface area contributed by atoms with Crippen molar-refractivity contribution >= 4 is 11.7 Å². The van der Waals surface area contributed by atoms with Crippen LogP contribution in [-0.4, -0.2) is 13.1 Å². The van der Waals surface area contributed by atoms with Gasteiger partial charge in [0, 0.05) is 5.69 Å². The van der Waals surface area contributed by atoms with Gasteiger partial charge in [0.2, 0.25) is 0 Å². The molecule has 1 aromatic rings. The zero-order chi connectivity index (χ0) is 12.1. The van der Waals surface area contributed by atoms with Crippen LogP contribution in [0.5, 0.6) is 0 Å². The molecule has 5 heteroatoms. The highest BCUT2D eigenvalue weighted by Gasteiger charge is 2.10. The summed E-state index contributed by atoms with van der Waals surface area (Å²) in [5.41, 5.74) is 3.45. The predicted octanol–water partition coefficient (Wildman–Crippen LogP) is 2.63. The molecule has 0 spiro atoms. The maximum Gasteiger partial charge on any atom is 0.343 e. The topological polar surface area (TPSA) is 50.4 Å². The molecule has 1 aromatic carbocycles. The number of amides is 2. The van der Waals surface area contributed by atoms with E-state index in [2.05, 4.69) is 15.6 Å². The molecule has 88 valence electrons. The zero-order valence-corrected chi connectivity index (χ0v) is 9.50. The van der Waals surface area contributed by atoms with Crippen molar-refractivity contribution in [2.24, 2.45) is 0 Å². The Bertz CT molecular complexity index is 380. The molecule has 4 nitrogen and oxygen atoms in total. The van der Waals surface area contributed by atoms with Gasteiger partial charge in [-0.25, -0.2) is 14.7 Å². The van der Waals surface area contributed by atoms with E-state index in [1.165, 1.54) is 25.3 Å². The summed E-state index contributed by atoms with van der Waals surface area (Å²) in [6.07, 6.45) is 0. The van der Waals surface area contributed by atoms with Crippen molar-refractivity contribution in [3.63, 3.8) is 0 Å². The summed E-state index contributed by atoms with van der Waals surface area (Å²) in [7, 11) is 1.34. The first-order chi connectivity index (χ1) is 7.54. The van der Waals surface area contributed by atoms with E-state index in [1.807, 2.05) is 13.8 Å². The van der Waals surface area contributed by atoms with Crippen molar-refractivity contribution in [2.45, 2.75) is 19.8 Å². The first-order valence-corrected chi connectivity index (χ1v) is 4.94. The van der Waals surface area contributed by atoms with Gasteiger partial charge in [-0.2, -0.15) is 0 Å². The molecule has 0 saturated heterocycles. The molecule has 2 amide bonds. The van der Waals surface area contributed by atoms with E-state index >= 15 is 0 Å². The summed E-state index contributed by atoms with van der Waals surface area (Å²) in [6.45, 7) is 3.85. The number of halogens is 1. The Morgan fingerprint density at radius 2 is 2.12 bits per heavy atom. The minimum absolute atomic E-state index is 0.119. The number of carbonyl (C=O) groups excluding carboxylic acids is 1. The molecule has 2 N–H and O–H groups in total. The number of rotatable bonds is 3. The van der Waals surface area contributed by atoms with Crippen molar-refractivity contribution < 1.29 is 14.0 Å². The van der Waals surface area contributed by atoms with Gasteiger partial charge in [0.05, 0.1) is 7.11 Å². The summed E-state index contributed by atoms with van der Waals surface area (Å²) in [5.74, 6) is -0.199. The number of anilines is 1. The van der Waals surface area contributed by atoms with Crippen molar-refractivity contribution in [3.05, 3.63) is 29.6 Å². The van der Waals surface area contributed by atoms with E-state index in [9.17, 15) is 9.18 Å². The molecule has 1 rings (SSSR count). The SMILES string of the molecule is CONC(=O)Nc1ccc(F)cc1C(C)C. The van der Waals surface area contributed by atoms with Gasteiger partial charge >= 0.3 is 6.03 Å². The number of urea groups is 1. The van der Waals surface area contributed by atoms with Gasteiger partial charge in [-0.3, -0.25) is 4.84 Å². The molecule has 0 radical (unpaired) electrons. The number of nitrogens with one attached hydrogen (secondary N) is 2. The molecule has 0 atom stereocenters. The number of hydrogen-bond acceptors (Lipinski definition) is 2. The molecule has 0 saturated carbocycles. The highest BCUT2D eigenvalue weighted by atomic mass is 19.1. The van der Waals surface area contributed by atoms with Crippen LogP contribution in [-0.2, 0) is 4.84 Å². The Balaban J connectivity index is 2.90. The lowest BCUT2D eigenvalue weighted by molar-refractivity contribution is 0.114. The highest BCUT2D eigenvalue weighted by molar-refractivity contribution is 5.89. The molecule has 16 heavy (non-hydrogen) atoms. The third kappa shape index (κ3) is 3.20. The Morgan fingerprint density at radius 3 is 2.69 bits per heavy atom. The number of carbonyl (C=O) groups is 1. The van der Waals surface area contributed by atoms with E-state index in [-0.39, 0.29) is 11.7 Å². The first-order valence-electron chi connectivity index (χ1n) is 4.94. The highest BCUT2D eigenvalue weighted by Crippen LogP contribution is 2.24. The molecular weight excluding hydrogens is 211 g/mol. The number of benzene rings is 1. The summed E-state index contributed by atoms with van der Waals surface area (Å²) in [4.78, 5) is 15.7. The third-order valence-electron chi connectivity index (χ3n) is 2.08. The average Bonchev–Trinajstić information content (AvgIpc) is 2.20. The summed E-state index contributed by atoms with van der Waals surface area (Å²) in [5, 5.41) is 2.58. The van der Waals surface area contributed by atoms with Crippen LogP contribution in [0.1, 0.15) is 25.3 Å². The second-order valence-corrected chi connectivity index (χ2v) is 3.65. The van der Waals surface area contributed by atoms with Crippen LogP contribution < -0.4 is 10.8 Å². The average molecular weight is 226 g/mol. The van der Waals surface area contributed by atoms with Crippen LogP contribution in [0.4, 0.5) is 14.9 Å². The molecular formula is C11H15FN2O2. The van der Waals surface area contributed by atoms with Crippen molar-refractivity contribution in [2.75, 3.05) is 12.4 Å². The first kappa shape index (κ1) is 12.4. The Kier molecular flexibility index (Phi) is 4.25. The Morgan fingerprint density at radius 1 is 1.44 bits per heavy atom. The van der Waals surface area contributed by atoms with Crippen LogP contribution in [0.25, 0.3) is 0 Å². The van der Waals surface area contributed by atoms with Gasteiger partial charge in [-0.15, -0.1) is 0 Å². The summed E-state index contributed by atoms with van der Waals surface area (Å²) < 4.78 is 13.0. The van der Waals surface area contributed by atoms with Crippen LogP contribution >= 0.6 is 0 Å². The lowest BCUT2D eigenvalue weighted by Gasteiger charge is -2.13. The third-order valence-corrected chi connectivity index (χ3v) is 2.08. The monoisotopic (exact) mass is 226 g/mol. The lowest BCUT2D eigenvalue weighted by Crippen LogP contribution is -2.28. The van der Waals surface area contributed by atoms with Crippen LogP contribution in [0.15, 0.2) is 18.2 Å². The molecule has 0 aliphatic rings. The van der Waals surface area contributed by atoms with E-state index in [1.54, 1.807) is 0 Å². The number of hydrogen-bond donors (Lipinski definition) is 2. The number of hydroxylamine groups is 1. The largest absolute Gasteiger partial charge is 0.343 e. The molecule has 0 fully saturated rings. The van der Waals surface area contributed by atoms with Crippen LogP contribution in [0.3, 0.4) is 0 Å². The fourth-order valence-corrected chi connectivity index (χ4v) is 1.37. The lowest BCUT2D eigenvalue weighted by atomic mass is 10.0. The van der Waals surface area contributed by atoms with Gasteiger partial charge in [-0.05, 0) is 29.7 Å². The van der Waals surface area contributed by atoms with Gasteiger partial charge in [-0.1, -0.05) is 13.8 Å². The zero-order valence-electron chi connectivity index (χ0n) is 9.50. The fraction of sp³-hybridized carbons (Fsp3) is 0.364. The Hall–Kier alpha value is -1.62. The molecule has 0 bridgehead atoms. The van der Waals surface area contributed by atoms with Gasteiger partial charge in [0.25, 0.3) is 0 Å². The van der Waals surface area contributed by atoms with Crippen molar-refractivity contribution in [3.8, 4) is 0 Å². The predicted molar refractivity (Wildman–Crippen MR) is 59.7 cm³/mol. The minimum atomic E-state index is -0.490. The smallest absolute Gasteiger partial charge is 0.306 e. The van der Waals surface area contributed by atoms with E-state index in [4.69, 9.17) is 0 Å². The fourth-order valence-electron chi connectivity index (χ4n) is 1.37. The van der Waals surface area contributed by atoms with E-state index in [0.29, 0.717) is 5.69 Å². The summed E-state index contributed by atoms with van der Waals surface area (Å²) >= 11 is 0. The maximum atomic E-state index is 13.0. The minimum Gasteiger partial charge on any atom is -0.306 e. The van der Waals surface area contributed by atoms with Crippen molar-refractivity contribution in [1.82, 2.24) is 5.48 Å².